The van der Waals surface area contributed by atoms with Gasteiger partial charge in [0.05, 0.1) is 11.8 Å². The second-order valence-corrected chi connectivity index (χ2v) is 7.60. The molecule has 28 heavy (non-hydrogen) atoms. The van der Waals surface area contributed by atoms with E-state index in [-0.39, 0.29) is 17.9 Å². The van der Waals surface area contributed by atoms with Gasteiger partial charge in [-0.1, -0.05) is 19.4 Å². The summed E-state index contributed by atoms with van der Waals surface area (Å²) in [6.07, 6.45) is 9.90. The van der Waals surface area contributed by atoms with Gasteiger partial charge in [-0.15, -0.1) is 0 Å². The fourth-order valence-corrected chi connectivity index (χ4v) is 3.64. The molecule has 2 N–H and O–H groups in total. The summed E-state index contributed by atoms with van der Waals surface area (Å²) in [6.45, 7) is 5.56. The van der Waals surface area contributed by atoms with Gasteiger partial charge in [0.25, 0.3) is 5.91 Å². The van der Waals surface area contributed by atoms with E-state index in [0.29, 0.717) is 36.6 Å². The zero-order valence-corrected chi connectivity index (χ0v) is 15.9. The summed E-state index contributed by atoms with van der Waals surface area (Å²) in [5.74, 6) is 1.32. The van der Waals surface area contributed by atoms with Crippen molar-refractivity contribution in [2.45, 2.75) is 38.2 Å². The Morgan fingerprint density at radius 3 is 2.82 bits per heavy atom. The minimum absolute atomic E-state index is 0.0304. The summed E-state index contributed by atoms with van der Waals surface area (Å²) in [7, 11) is 0. The smallest absolute Gasteiger partial charge is 0.253 e. The van der Waals surface area contributed by atoms with Crippen molar-refractivity contribution in [1.29, 1.82) is 0 Å². The number of aromatic amines is 1. The Morgan fingerprint density at radius 2 is 2.11 bits per heavy atom. The van der Waals surface area contributed by atoms with E-state index in [1.807, 2.05) is 6.07 Å². The maximum Gasteiger partial charge on any atom is 0.253 e. The van der Waals surface area contributed by atoms with Crippen molar-refractivity contribution >= 4 is 22.8 Å². The largest absolute Gasteiger partial charge is 0.489 e. The Hall–Kier alpha value is -2.83. The standard InChI is InChI=1S/C21H26N4O3/c1-2-19(26)25-9-6-15(7-10-25)28-16-11-17-18(13-24-20(17)23-12-16)21(27)22-8-5-14-3-4-14/h2,11-15H,1,3-10H2,(H,22,27)(H,23,24). The number of ether oxygens (including phenoxy) is 1. The number of amides is 2. The minimum atomic E-state index is -0.0814. The van der Waals surface area contributed by atoms with E-state index in [4.69, 9.17) is 4.74 Å². The minimum Gasteiger partial charge on any atom is -0.489 e. The van der Waals surface area contributed by atoms with E-state index in [1.54, 1.807) is 17.3 Å². The monoisotopic (exact) mass is 382 g/mol. The molecule has 0 aromatic carbocycles. The number of nitrogens with one attached hydrogen (secondary N) is 2. The molecular formula is C21H26N4O3. The van der Waals surface area contributed by atoms with Crippen LogP contribution < -0.4 is 10.1 Å². The van der Waals surface area contributed by atoms with Crippen LogP contribution in [0.4, 0.5) is 0 Å². The lowest BCUT2D eigenvalue weighted by Crippen LogP contribution is -2.41. The first-order chi connectivity index (χ1) is 13.6. The molecule has 7 nitrogen and oxygen atoms in total. The van der Waals surface area contributed by atoms with Gasteiger partial charge in [-0.3, -0.25) is 9.59 Å². The normalized spacial score (nSPS) is 17.5. The van der Waals surface area contributed by atoms with Crippen molar-refractivity contribution in [2.75, 3.05) is 19.6 Å². The predicted octanol–water partition coefficient (Wildman–Crippen LogP) is 2.65. The van der Waals surface area contributed by atoms with E-state index in [0.717, 1.165) is 30.6 Å². The molecule has 2 fully saturated rings. The van der Waals surface area contributed by atoms with E-state index in [2.05, 4.69) is 21.9 Å². The third-order valence-electron chi connectivity index (χ3n) is 5.52. The highest BCUT2D eigenvalue weighted by Crippen LogP contribution is 2.31. The molecule has 0 atom stereocenters. The Bertz CT molecular complexity index is 879. The van der Waals surface area contributed by atoms with Crippen molar-refractivity contribution in [1.82, 2.24) is 20.2 Å². The molecule has 1 aliphatic heterocycles. The number of fused-ring (bicyclic) bond motifs is 1. The van der Waals surface area contributed by atoms with Crippen LogP contribution in [0.2, 0.25) is 0 Å². The molecule has 0 radical (unpaired) electrons. The van der Waals surface area contributed by atoms with Crippen LogP contribution in [-0.4, -0.2) is 52.4 Å². The Balaban J connectivity index is 1.39. The van der Waals surface area contributed by atoms with Crippen molar-refractivity contribution in [3.8, 4) is 5.75 Å². The van der Waals surface area contributed by atoms with Crippen LogP contribution in [-0.2, 0) is 4.79 Å². The van der Waals surface area contributed by atoms with Crippen LogP contribution in [0, 0.1) is 5.92 Å². The molecule has 7 heteroatoms. The van der Waals surface area contributed by atoms with Gasteiger partial charge in [-0.2, -0.15) is 0 Å². The number of rotatable bonds is 7. The zero-order valence-electron chi connectivity index (χ0n) is 15.9. The number of nitrogens with zero attached hydrogens (tertiary/aromatic N) is 2. The lowest BCUT2D eigenvalue weighted by molar-refractivity contribution is -0.127. The van der Waals surface area contributed by atoms with E-state index >= 15 is 0 Å². The molecule has 1 aliphatic carbocycles. The average Bonchev–Trinajstić information content (AvgIpc) is 3.44. The Kier molecular flexibility index (Phi) is 5.32. The quantitative estimate of drug-likeness (QED) is 0.721. The van der Waals surface area contributed by atoms with Crippen LogP contribution >= 0.6 is 0 Å². The van der Waals surface area contributed by atoms with Gasteiger partial charge in [0, 0.05) is 44.1 Å². The third kappa shape index (κ3) is 4.18. The van der Waals surface area contributed by atoms with Gasteiger partial charge in [0.1, 0.15) is 17.5 Å². The van der Waals surface area contributed by atoms with Gasteiger partial charge >= 0.3 is 0 Å². The molecule has 2 aromatic rings. The predicted molar refractivity (Wildman–Crippen MR) is 106 cm³/mol. The highest BCUT2D eigenvalue weighted by molar-refractivity contribution is 6.06. The molecule has 148 valence electrons. The van der Waals surface area contributed by atoms with Gasteiger partial charge in [0.15, 0.2) is 0 Å². The topological polar surface area (TPSA) is 87.3 Å². The summed E-state index contributed by atoms with van der Waals surface area (Å²) in [6, 6.07) is 1.87. The number of H-pyrrole nitrogens is 1. The number of hydrogen-bond donors (Lipinski definition) is 2. The van der Waals surface area contributed by atoms with Crippen molar-refractivity contribution in [3.05, 3.63) is 36.7 Å². The molecule has 1 saturated carbocycles. The first-order valence-corrected chi connectivity index (χ1v) is 9.97. The molecule has 0 unspecified atom stereocenters. The highest BCUT2D eigenvalue weighted by atomic mass is 16.5. The van der Waals surface area contributed by atoms with E-state index in [1.165, 1.54) is 18.9 Å². The first kappa shape index (κ1) is 18.5. The fourth-order valence-electron chi connectivity index (χ4n) is 3.64. The molecule has 4 rings (SSSR count). The molecule has 1 saturated heterocycles. The molecular weight excluding hydrogens is 356 g/mol. The lowest BCUT2D eigenvalue weighted by atomic mass is 10.1. The zero-order chi connectivity index (χ0) is 19.5. The van der Waals surface area contributed by atoms with Crippen LogP contribution in [0.5, 0.6) is 5.75 Å². The molecule has 0 bridgehead atoms. The van der Waals surface area contributed by atoms with E-state index < -0.39 is 0 Å². The number of likely N-dealkylation sites (tertiary alicyclic amines) is 1. The number of carbonyl (C=O) groups excluding carboxylic acids is 2. The summed E-state index contributed by atoms with van der Waals surface area (Å²) in [5, 5.41) is 3.76. The van der Waals surface area contributed by atoms with Crippen molar-refractivity contribution in [2.24, 2.45) is 5.92 Å². The first-order valence-electron chi connectivity index (χ1n) is 9.97. The summed E-state index contributed by atoms with van der Waals surface area (Å²) < 4.78 is 6.08. The summed E-state index contributed by atoms with van der Waals surface area (Å²) in [5.41, 5.74) is 1.27. The fraction of sp³-hybridized carbons (Fsp3) is 0.476. The van der Waals surface area contributed by atoms with Crippen LogP contribution in [0.1, 0.15) is 42.5 Å². The molecule has 2 aliphatic rings. The number of pyridine rings is 1. The maximum absolute atomic E-state index is 12.5. The average molecular weight is 382 g/mol. The van der Waals surface area contributed by atoms with Gasteiger partial charge < -0.3 is 19.9 Å². The molecule has 0 spiro atoms. The van der Waals surface area contributed by atoms with Gasteiger partial charge in [-0.05, 0) is 24.5 Å². The number of carbonyl (C=O) groups is 2. The second-order valence-electron chi connectivity index (χ2n) is 7.60. The number of piperidine rings is 1. The summed E-state index contributed by atoms with van der Waals surface area (Å²) >= 11 is 0. The highest BCUT2D eigenvalue weighted by Gasteiger charge is 2.24. The van der Waals surface area contributed by atoms with Crippen molar-refractivity contribution in [3.63, 3.8) is 0 Å². The van der Waals surface area contributed by atoms with Crippen LogP contribution in [0.25, 0.3) is 11.0 Å². The molecule has 2 aromatic heterocycles. The molecule has 3 heterocycles. The van der Waals surface area contributed by atoms with Crippen LogP contribution in [0.15, 0.2) is 31.1 Å². The molecule has 2 amide bonds. The van der Waals surface area contributed by atoms with Crippen molar-refractivity contribution < 1.29 is 14.3 Å². The van der Waals surface area contributed by atoms with E-state index in [9.17, 15) is 9.59 Å². The number of aromatic nitrogens is 2. The Morgan fingerprint density at radius 1 is 1.32 bits per heavy atom. The lowest BCUT2D eigenvalue weighted by Gasteiger charge is -2.31. The summed E-state index contributed by atoms with van der Waals surface area (Å²) in [4.78, 5) is 33.4. The van der Waals surface area contributed by atoms with Gasteiger partial charge in [-0.25, -0.2) is 4.98 Å². The number of hydrogen-bond acceptors (Lipinski definition) is 4. The maximum atomic E-state index is 12.5. The second kappa shape index (κ2) is 8.04. The third-order valence-corrected chi connectivity index (χ3v) is 5.52. The Labute approximate surface area is 164 Å². The van der Waals surface area contributed by atoms with Crippen LogP contribution in [0.3, 0.4) is 0 Å². The van der Waals surface area contributed by atoms with Gasteiger partial charge in [0.2, 0.25) is 5.91 Å². The SMILES string of the molecule is C=CC(=O)N1CCC(Oc2cnc3[nH]cc(C(=O)NCCC4CC4)c3c2)CC1.